The summed E-state index contributed by atoms with van der Waals surface area (Å²) in [7, 11) is 0. The first-order valence-electron chi connectivity index (χ1n) is 7.38. The Balaban J connectivity index is 2.84. The summed E-state index contributed by atoms with van der Waals surface area (Å²) < 4.78 is 0. The fourth-order valence-corrected chi connectivity index (χ4v) is 2.63. The zero-order valence-corrected chi connectivity index (χ0v) is 13.1. The number of amides is 2. The highest BCUT2D eigenvalue weighted by atomic mass is 16.2. The molecule has 0 aliphatic heterocycles. The number of hydrogen-bond donors (Lipinski definition) is 2. The van der Waals surface area contributed by atoms with Gasteiger partial charge in [-0.3, -0.25) is 9.59 Å². The largest absolute Gasteiger partial charge is 0.369 e. The smallest absolute Gasteiger partial charge is 0.224 e. The van der Waals surface area contributed by atoms with E-state index in [2.05, 4.69) is 18.8 Å². The first-order chi connectivity index (χ1) is 9.15. The van der Waals surface area contributed by atoms with Crippen LogP contribution in [0.5, 0.6) is 0 Å². The Morgan fingerprint density at radius 1 is 1.40 bits per heavy atom. The van der Waals surface area contributed by atoms with Crippen molar-refractivity contribution in [2.75, 3.05) is 0 Å². The van der Waals surface area contributed by atoms with Crippen molar-refractivity contribution in [3.63, 3.8) is 0 Å². The molecule has 3 unspecified atom stereocenters. The van der Waals surface area contributed by atoms with Crippen LogP contribution < -0.4 is 11.1 Å². The molecule has 0 bridgehead atoms. The predicted octanol–water partition coefficient (Wildman–Crippen LogP) is 2.24. The predicted molar refractivity (Wildman–Crippen MR) is 80.8 cm³/mol. The summed E-state index contributed by atoms with van der Waals surface area (Å²) in [5.74, 6) is -0.0913. The maximum atomic E-state index is 12.5. The van der Waals surface area contributed by atoms with Gasteiger partial charge < -0.3 is 11.1 Å². The van der Waals surface area contributed by atoms with Crippen molar-refractivity contribution >= 4 is 11.8 Å². The molecule has 1 aliphatic carbocycles. The van der Waals surface area contributed by atoms with E-state index in [-0.39, 0.29) is 17.4 Å². The fraction of sp³-hybridized carbons (Fsp3) is 0.750. The summed E-state index contributed by atoms with van der Waals surface area (Å²) in [6.45, 7) is 11.7. The van der Waals surface area contributed by atoms with E-state index in [0.717, 1.165) is 12.8 Å². The molecule has 0 radical (unpaired) electrons. The molecule has 4 nitrogen and oxygen atoms in total. The molecule has 4 atom stereocenters. The van der Waals surface area contributed by atoms with E-state index in [4.69, 9.17) is 5.73 Å². The number of carbonyl (C=O) groups is 2. The zero-order valence-electron chi connectivity index (χ0n) is 13.1. The van der Waals surface area contributed by atoms with Crippen molar-refractivity contribution in [2.24, 2.45) is 29.4 Å². The van der Waals surface area contributed by atoms with Crippen LogP contribution in [0.3, 0.4) is 0 Å². The van der Waals surface area contributed by atoms with Gasteiger partial charge in [0.15, 0.2) is 0 Å². The second kappa shape index (κ2) is 6.42. The normalized spacial score (nSPS) is 24.6. The molecule has 0 spiro atoms. The zero-order chi connectivity index (χ0) is 15.5. The Kier molecular flexibility index (Phi) is 5.37. The molecule has 2 amide bonds. The molecule has 20 heavy (non-hydrogen) atoms. The minimum Gasteiger partial charge on any atom is -0.369 e. The average Bonchev–Trinajstić information content (AvgIpc) is 2.96. The van der Waals surface area contributed by atoms with Gasteiger partial charge in [-0.15, -0.1) is 6.58 Å². The molecule has 3 N–H and O–H groups in total. The van der Waals surface area contributed by atoms with Crippen LogP contribution in [0.15, 0.2) is 12.7 Å². The van der Waals surface area contributed by atoms with Gasteiger partial charge in [-0.1, -0.05) is 13.0 Å². The number of nitrogens with one attached hydrogen (secondary N) is 1. The molecule has 114 valence electrons. The Morgan fingerprint density at radius 3 is 2.30 bits per heavy atom. The van der Waals surface area contributed by atoms with Gasteiger partial charge in [0.05, 0.1) is 11.8 Å². The highest BCUT2D eigenvalue weighted by Crippen LogP contribution is 2.44. The van der Waals surface area contributed by atoms with Crippen molar-refractivity contribution in [1.82, 2.24) is 5.32 Å². The molecule has 4 heteroatoms. The summed E-state index contributed by atoms with van der Waals surface area (Å²) in [5.41, 5.74) is 5.18. The summed E-state index contributed by atoms with van der Waals surface area (Å²) in [6, 6.07) is 0. The van der Waals surface area contributed by atoms with Crippen molar-refractivity contribution in [1.29, 1.82) is 0 Å². The van der Waals surface area contributed by atoms with Gasteiger partial charge in [0, 0.05) is 5.54 Å². The number of rotatable bonds is 7. The average molecular weight is 280 g/mol. The van der Waals surface area contributed by atoms with E-state index in [0.29, 0.717) is 18.3 Å². The Morgan fingerprint density at radius 2 is 1.95 bits per heavy atom. The van der Waals surface area contributed by atoms with Crippen LogP contribution in [0, 0.1) is 23.7 Å². The van der Waals surface area contributed by atoms with Crippen molar-refractivity contribution in [2.45, 2.75) is 52.5 Å². The topological polar surface area (TPSA) is 72.2 Å². The maximum Gasteiger partial charge on any atom is 0.224 e. The van der Waals surface area contributed by atoms with Gasteiger partial charge >= 0.3 is 0 Å². The third kappa shape index (κ3) is 4.99. The van der Waals surface area contributed by atoms with Crippen LogP contribution >= 0.6 is 0 Å². The maximum absolute atomic E-state index is 12.5. The molecule has 1 aliphatic rings. The first-order valence-corrected chi connectivity index (χ1v) is 7.38. The number of allylic oxidation sites excluding steroid dienone is 1. The molecule has 0 heterocycles. The van der Waals surface area contributed by atoms with Crippen molar-refractivity contribution in [3.05, 3.63) is 12.7 Å². The van der Waals surface area contributed by atoms with E-state index in [1.165, 1.54) is 0 Å². The van der Waals surface area contributed by atoms with Gasteiger partial charge in [0.25, 0.3) is 0 Å². The molecule has 0 aromatic rings. The quantitative estimate of drug-likeness (QED) is 0.702. The van der Waals surface area contributed by atoms with Gasteiger partial charge in [-0.2, -0.15) is 0 Å². The molecule has 0 aromatic heterocycles. The minimum absolute atomic E-state index is 0.0674. The number of nitrogens with two attached hydrogens (primary N) is 1. The van der Waals surface area contributed by atoms with Crippen LogP contribution in [0.2, 0.25) is 0 Å². The lowest BCUT2D eigenvalue weighted by Crippen LogP contribution is -2.47. The molecule has 1 saturated carbocycles. The summed E-state index contributed by atoms with van der Waals surface area (Å²) in [5, 5.41) is 2.98. The van der Waals surface area contributed by atoms with Gasteiger partial charge in [-0.05, 0) is 51.9 Å². The van der Waals surface area contributed by atoms with E-state index >= 15 is 0 Å². The lowest BCUT2D eigenvalue weighted by Gasteiger charge is -2.28. The van der Waals surface area contributed by atoms with Crippen molar-refractivity contribution < 1.29 is 9.59 Å². The summed E-state index contributed by atoms with van der Waals surface area (Å²) in [4.78, 5) is 24.2. The van der Waals surface area contributed by atoms with E-state index < -0.39 is 11.8 Å². The molecule has 1 fully saturated rings. The highest BCUT2D eigenvalue weighted by molar-refractivity contribution is 5.87. The van der Waals surface area contributed by atoms with E-state index in [9.17, 15) is 9.59 Å². The molecular formula is C16H28N2O2. The lowest BCUT2D eigenvalue weighted by atomic mass is 9.83. The minimum atomic E-state index is -0.456. The Hall–Kier alpha value is -1.32. The van der Waals surface area contributed by atoms with Gasteiger partial charge in [0.1, 0.15) is 0 Å². The van der Waals surface area contributed by atoms with Gasteiger partial charge in [0.2, 0.25) is 11.8 Å². The highest BCUT2D eigenvalue weighted by Gasteiger charge is 2.41. The van der Waals surface area contributed by atoms with E-state index in [1.807, 2.05) is 20.8 Å². The number of primary amides is 1. The second-order valence-corrected chi connectivity index (χ2v) is 7.09. The lowest BCUT2D eigenvalue weighted by molar-refractivity contribution is -0.134. The standard InChI is InChI=1S/C16H28N2O2/c1-6-7-12(14(17)19)13(9-11-8-10(11)2)15(20)18-16(3,4)5/h6,10-13H,1,7-9H2,2-5H3,(H2,17,19)(H,18,20)/t10?,11?,12?,13-/m1/s1. The van der Waals surface area contributed by atoms with Crippen LogP contribution in [-0.2, 0) is 9.59 Å². The van der Waals surface area contributed by atoms with Crippen LogP contribution in [0.25, 0.3) is 0 Å². The first kappa shape index (κ1) is 16.7. The van der Waals surface area contributed by atoms with Crippen LogP contribution in [0.1, 0.15) is 47.0 Å². The molecule has 1 rings (SSSR count). The summed E-state index contributed by atoms with van der Waals surface area (Å²) in [6.07, 6.45) is 4.01. The van der Waals surface area contributed by atoms with Gasteiger partial charge in [-0.25, -0.2) is 0 Å². The molecule has 0 aromatic carbocycles. The molecule has 0 saturated heterocycles. The second-order valence-electron chi connectivity index (χ2n) is 7.09. The van der Waals surface area contributed by atoms with Crippen molar-refractivity contribution in [3.8, 4) is 0 Å². The fourth-order valence-electron chi connectivity index (χ4n) is 2.63. The summed E-state index contributed by atoms with van der Waals surface area (Å²) >= 11 is 0. The number of hydrogen-bond acceptors (Lipinski definition) is 2. The monoisotopic (exact) mass is 280 g/mol. The third-order valence-corrected chi connectivity index (χ3v) is 3.94. The SMILES string of the molecule is C=CCC(C(N)=O)[C@@H](CC1CC1C)C(=O)NC(C)(C)C. The van der Waals surface area contributed by atoms with Crippen LogP contribution in [0.4, 0.5) is 0 Å². The Labute approximate surface area is 122 Å². The Bertz CT molecular complexity index is 384. The number of carbonyl (C=O) groups excluding carboxylic acids is 2. The van der Waals surface area contributed by atoms with E-state index in [1.54, 1.807) is 6.08 Å². The van der Waals surface area contributed by atoms with Crippen LogP contribution in [-0.4, -0.2) is 17.4 Å². The third-order valence-electron chi connectivity index (χ3n) is 3.94. The molecular weight excluding hydrogens is 252 g/mol.